The van der Waals surface area contributed by atoms with E-state index in [0.717, 1.165) is 25.1 Å². The number of carbonyl (C=O) groups is 1. The van der Waals surface area contributed by atoms with E-state index in [-0.39, 0.29) is 5.91 Å². The molecule has 0 saturated carbocycles. The van der Waals surface area contributed by atoms with E-state index in [4.69, 9.17) is 0 Å². The van der Waals surface area contributed by atoms with Gasteiger partial charge in [0.15, 0.2) is 0 Å². The fourth-order valence-electron chi connectivity index (χ4n) is 1.72. The van der Waals surface area contributed by atoms with Crippen LogP contribution in [-0.2, 0) is 4.79 Å². The van der Waals surface area contributed by atoms with E-state index >= 15 is 0 Å². The Kier molecular flexibility index (Phi) is 3.42. The highest BCUT2D eigenvalue weighted by Crippen LogP contribution is 2.14. The number of nitrogens with one attached hydrogen (secondary N) is 2. The Morgan fingerprint density at radius 3 is 2.82 bits per heavy atom. The average molecular weight is 231 g/mol. The van der Waals surface area contributed by atoms with Crippen LogP contribution in [0.2, 0.25) is 0 Å². The summed E-state index contributed by atoms with van der Waals surface area (Å²) in [4.78, 5) is 11.5. The van der Waals surface area contributed by atoms with Gasteiger partial charge >= 0.3 is 0 Å². The van der Waals surface area contributed by atoms with Gasteiger partial charge in [0, 0.05) is 6.54 Å². The summed E-state index contributed by atoms with van der Waals surface area (Å²) in [6, 6.07) is 6.03. The van der Waals surface area contributed by atoms with Crippen molar-refractivity contribution >= 4 is 17.3 Å². The number of amides is 1. The van der Waals surface area contributed by atoms with Crippen LogP contribution < -0.4 is 10.7 Å². The van der Waals surface area contributed by atoms with Gasteiger partial charge in [0.25, 0.3) is 5.91 Å². The fourth-order valence-corrected chi connectivity index (χ4v) is 1.72. The molecule has 4 heteroatoms. The van der Waals surface area contributed by atoms with Crippen LogP contribution in [0.4, 0.5) is 5.69 Å². The smallest absolute Gasteiger partial charge is 0.267 e. The summed E-state index contributed by atoms with van der Waals surface area (Å²) in [5.41, 5.74) is 6.89. The molecule has 0 bridgehead atoms. The number of hydrogen-bond donors (Lipinski definition) is 2. The van der Waals surface area contributed by atoms with Gasteiger partial charge in [-0.3, -0.25) is 10.2 Å². The number of benzene rings is 1. The molecular weight excluding hydrogens is 214 g/mol. The Bertz CT molecular complexity index is 466. The van der Waals surface area contributed by atoms with E-state index in [0.29, 0.717) is 5.71 Å². The second-order valence-corrected chi connectivity index (χ2v) is 4.33. The molecule has 1 heterocycles. The summed E-state index contributed by atoms with van der Waals surface area (Å²) in [5.74, 6) is -0.0624. The molecule has 0 radical (unpaired) electrons. The number of piperidine rings is 1. The van der Waals surface area contributed by atoms with E-state index < -0.39 is 0 Å². The maximum Gasteiger partial charge on any atom is 0.267 e. The van der Waals surface area contributed by atoms with Crippen molar-refractivity contribution in [1.82, 2.24) is 5.32 Å². The number of rotatable bonds is 2. The lowest BCUT2D eigenvalue weighted by Crippen LogP contribution is -2.37. The largest absolute Gasteiger partial charge is 0.351 e. The zero-order chi connectivity index (χ0) is 12.3. The van der Waals surface area contributed by atoms with Crippen LogP contribution in [0.25, 0.3) is 0 Å². The lowest BCUT2D eigenvalue weighted by Gasteiger charge is -2.13. The van der Waals surface area contributed by atoms with E-state index in [2.05, 4.69) is 29.7 Å². The maximum atomic E-state index is 11.5. The van der Waals surface area contributed by atoms with Gasteiger partial charge in [0.2, 0.25) is 0 Å². The van der Waals surface area contributed by atoms with E-state index in [1.807, 2.05) is 18.2 Å². The van der Waals surface area contributed by atoms with Crippen molar-refractivity contribution in [2.75, 3.05) is 12.0 Å². The molecule has 1 aliphatic heterocycles. The molecule has 1 fully saturated rings. The average Bonchev–Trinajstić information content (AvgIpc) is 2.32. The Labute approximate surface area is 101 Å². The van der Waals surface area contributed by atoms with Crippen LogP contribution in [0.1, 0.15) is 24.0 Å². The number of anilines is 1. The minimum atomic E-state index is -0.0624. The molecule has 2 N–H and O–H groups in total. The van der Waals surface area contributed by atoms with Crippen LogP contribution in [0.3, 0.4) is 0 Å². The predicted molar refractivity (Wildman–Crippen MR) is 69.2 cm³/mol. The summed E-state index contributed by atoms with van der Waals surface area (Å²) >= 11 is 0. The van der Waals surface area contributed by atoms with Crippen molar-refractivity contribution in [2.24, 2.45) is 5.10 Å². The van der Waals surface area contributed by atoms with Crippen molar-refractivity contribution in [3.63, 3.8) is 0 Å². The predicted octanol–water partition coefficient (Wildman–Crippen LogP) is 1.98. The quantitative estimate of drug-likeness (QED) is 0.765. The monoisotopic (exact) mass is 231 g/mol. The Morgan fingerprint density at radius 1 is 1.29 bits per heavy atom. The molecule has 0 spiro atoms. The molecule has 0 aliphatic carbocycles. The molecule has 2 rings (SSSR count). The first-order valence-corrected chi connectivity index (χ1v) is 5.85. The molecule has 1 amide bonds. The topological polar surface area (TPSA) is 53.5 Å². The summed E-state index contributed by atoms with van der Waals surface area (Å²) in [6.45, 7) is 4.88. The van der Waals surface area contributed by atoms with Gasteiger partial charge in [-0.15, -0.1) is 0 Å². The highest BCUT2D eigenvalue weighted by molar-refractivity contribution is 6.39. The zero-order valence-electron chi connectivity index (χ0n) is 10.2. The van der Waals surface area contributed by atoms with Crippen molar-refractivity contribution in [1.29, 1.82) is 0 Å². The third-order valence-electron chi connectivity index (χ3n) is 2.96. The van der Waals surface area contributed by atoms with Crippen LogP contribution in [0, 0.1) is 13.8 Å². The lowest BCUT2D eigenvalue weighted by atomic mass is 10.1. The molecule has 90 valence electrons. The normalized spacial score (nSPS) is 18.0. The van der Waals surface area contributed by atoms with Crippen LogP contribution in [0.15, 0.2) is 23.3 Å². The van der Waals surface area contributed by atoms with Crippen molar-refractivity contribution < 1.29 is 4.79 Å². The highest BCUT2D eigenvalue weighted by Gasteiger charge is 2.15. The van der Waals surface area contributed by atoms with Crippen LogP contribution >= 0.6 is 0 Å². The van der Waals surface area contributed by atoms with Gasteiger partial charge in [-0.05, 0) is 49.9 Å². The highest BCUT2D eigenvalue weighted by atomic mass is 16.2. The van der Waals surface area contributed by atoms with Crippen molar-refractivity contribution in [3.05, 3.63) is 29.3 Å². The molecule has 0 aromatic heterocycles. The summed E-state index contributed by atoms with van der Waals surface area (Å²) in [6.07, 6.45) is 1.70. The minimum absolute atomic E-state index is 0.0624. The SMILES string of the molecule is Cc1ccc(N/N=C2\CCCNC2=O)cc1C. The standard InChI is InChI=1S/C13H17N3O/c1-9-5-6-11(8-10(9)2)15-16-12-4-3-7-14-13(12)17/h5-6,8,15H,3-4,7H2,1-2H3,(H,14,17)/b16-12+. The Hall–Kier alpha value is -1.84. The minimum Gasteiger partial charge on any atom is -0.351 e. The molecule has 4 nitrogen and oxygen atoms in total. The van der Waals surface area contributed by atoms with Gasteiger partial charge in [-0.25, -0.2) is 0 Å². The van der Waals surface area contributed by atoms with Gasteiger partial charge in [0.05, 0.1) is 5.69 Å². The van der Waals surface area contributed by atoms with Gasteiger partial charge in [-0.1, -0.05) is 6.07 Å². The van der Waals surface area contributed by atoms with Gasteiger partial charge in [-0.2, -0.15) is 5.10 Å². The van der Waals surface area contributed by atoms with Gasteiger partial charge in [0.1, 0.15) is 5.71 Å². The second kappa shape index (κ2) is 4.99. The molecule has 0 atom stereocenters. The first-order valence-electron chi connectivity index (χ1n) is 5.85. The molecular formula is C13H17N3O. The molecule has 17 heavy (non-hydrogen) atoms. The molecule has 1 aromatic carbocycles. The molecule has 1 aliphatic rings. The third kappa shape index (κ3) is 2.84. The summed E-state index contributed by atoms with van der Waals surface area (Å²) in [7, 11) is 0. The molecule has 1 aromatic rings. The first kappa shape index (κ1) is 11.6. The third-order valence-corrected chi connectivity index (χ3v) is 2.96. The number of nitrogens with zero attached hydrogens (tertiary/aromatic N) is 1. The Morgan fingerprint density at radius 2 is 2.12 bits per heavy atom. The fraction of sp³-hybridized carbons (Fsp3) is 0.385. The van der Waals surface area contributed by atoms with Crippen LogP contribution in [0.5, 0.6) is 0 Å². The number of hydrogen-bond acceptors (Lipinski definition) is 3. The summed E-state index contributed by atoms with van der Waals surface area (Å²) in [5, 5.41) is 6.94. The molecule has 1 saturated heterocycles. The maximum absolute atomic E-state index is 11.5. The van der Waals surface area contributed by atoms with Crippen molar-refractivity contribution in [2.45, 2.75) is 26.7 Å². The number of carbonyl (C=O) groups excluding carboxylic acids is 1. The van der Waals surface area contributed by atoms with Gasteiger partial charge < -0.3 is 5.32 Å². The molecule has 0 unspecified atom stereocenters. The summed E-state index contributed by atoms with van der Waals surface area (Å²) < 4.78 is 0. The number of hydrazone groups is 1. The number of aryl methyl sites for hydroxylation is 2. The zero-order valence-corrected chi connectivity index (χ0v) is 10.2. The second-order valence-electron chi connectivity index (χ2n) is 4.33. The Balaban J connectivity index is 2.08. The van der Waals surface area contributed by atoms with Crippen molar-refractivity contribution in [3.8, 4) is 0 Å². The van der Waals surface area contributed by atoms with E-state index in [9.17, 15) is 4.79 Å². The first-order chi connectivity index (χ1) is 8.16. The van der Waals surface area contributed by atoms with Crippen LogP contribution in [-0.4, -0.2) is 18.2 Å². The van der Waals surface area contributed by atoms with E-state index in [1.165, 1.54) is 11.1 Å². The van der Waals surface area contributed by atoms with E-state index in [1.54, 1.807) is 0 Å². The lowest BCUT2D eigenvalue weighted by molar-refractivity contribution is -0.115.